The van der Waals surface area contributed by atoms with E-state index in [0.29, 0.717) is 24.4 Å². The van der Waals surface area contributed by atoms with Crippen molar-refractivity contribution in [1.82, 2.24) is 20.0 Å². The van der Waals surface area contributed by atoms with Gasteiger partial charge in [-0.3, -0.25) is 14.6 Å². The zero-order valence-electron chi connectivity index (χ0n) is 13.8. The van der Waals surface area contributed by atoms with Crippen molar-refractivity contribution in [2.75, 3.05) is 20.1 Å². The molecule has 0 aromatic carbocycles. The van der Waals surface area contributed by atoms with E-state index in [1.165, 1.54) is 12.8 Å². The molecule has 0 amide bonds. The molecule has 4 rings (SSSR count). The number of carbonyl (C=O) groups excluding carboxylic acids is 1. The third-order valence-corrected chi connectivity index (χ3v) is 5.20. The van der Waals surface area contributed by atoms with Gasteiger partial charge in [-0.15, -0.1) is 10.2 Å². The second-order valence-corrected chi connectivity index (χ2v) is 7.16. The number of carbonyl (C=O) groups is 1. The molecule has 2 saturated heterocycles. The van der Waals surface area contributed by atoms with Crippen LogP contribution < -0.4 is 0 Å². The Hall–Kier alpha value is -1.47. The van der Waals surface area contributed by atoms with E-state index in [9.17, 15) is 4.79 Å². The van der Waals surface area contributed by atoms with Crippen LogP contribution >= 0.6 is 0 Å². The van der Waals surface area contributed by atoms with Gasteiger partial charge in [-0.2, -0.15) is 0 Å². The third-order valence-electron chi connectivity index (χ3n) is 5.20. The van der Waals surface area contributed by atoms with Gasteiger partial charge >= 0.3 is 5.97 Å². The lowest BCUT2D eigenvalue weighted by Gasteiger charge is -2.24. The van der Waals surface area contributed by atoms with Crippen LogP contribution in [0.2, 0.25) is 0 Å². The van der Waals surface area contributed by atoms with Gasteiger partial charge in [0.15, 0.2) is 0 Å². The molecule has 0 radical (unpaired) electrons. The molecule has 0 unspecified atom stereocenters. The highest BCUT2D eigenvalue weighted by atomic mass is 16.6. The number of rotatable bonds is 5. The molecule has 1 aromatic heterocycles. The lowest BCUT2D eigenvalue weighted by Crippen LogP contribution is -2.40. The van der Waals surface area contributed by atoms with Gasteiger partial charge in [-0.05, 0) is 33.2 Å². The summed E-state index contributed by atoms with van der Waals surface area (Å²) >= 11 is 0. The molecule has 3 atom stereocenters. The number of nitrogens with zero attached hydrogens (tertiary/aromatic N) is 4. The van der Waals surface area contributed by atoms with Gasteiger partial charge in [0.1, 0.15) is 12.1 Å². The molecule has 7 nitrogen and oxygen atoms in total. The summed E-state index contributed by atoms with van der Waals surface area (Å²) in [6.07, 6.45) is 4.25. The number of ether oxygens (including phenoxy) is 1. The predicted octanol–water partition coefficient (Wildman–Crippen LogP) is 1.16. The molecule has 3 heterocycles. The van der Waals surface area contributed by atoms with Gasteiger partial charge in [0.05, 0.1) is 6.54 Å². The van der Waals surface area contributed by atoms with Crippen LogP contribution in [-0.4, -0.2) is 64.3 Å². The maximum absolute atomic E-state index is 11.9. The van der Waals surface area contributed by atoms with Gasteiger partial charge < -0.3 is 9.15 Å². The maximum Gasteiger partial charge on any atom is 0.323 e. The number of likely N-dealkylation sites (N-methyl/N-ethyl adjacent to an activating group) is 1. The molecular formula is C16H24N4O3. The van der Waals surface area contributed by atoms with E-state index in [1.807, 2.05) is 6.92 Å². The monoisotopic (exact) mass is 320 g/mol. The molecule has 3 aliphatic rings. The van der Waals surface area contributed by atoms with E-state index in [-0.39, 0.29) is 18.1 Å². The van der Waals surface area contributed by atoms with Crippen molar-refractivity contribution < 1.29 is 13.9 Å². The number of hydrogen-bond acceptors (Lipinski definition) is 7. The van der Waals surface area contributed by atoms with Crippen LogP contribution in [-0.2, 0) is 16.1 Å². The molecule has 0 spiro atoms. The predicted molar refractivity (Wildman–Crippen MR) is 81.7 cm³/mol. The minimum Gasteiger partial charge on any atom is -0.461 e. The molecule has 2 aliphatic heterocycles. The minimum absolute atomic E-state index is 0.0449. The first-order valence-electron chi connectivity index (χ1n) is 8.57. The van der Waals surface area contributed by atoms with E-state index in [4.69, 9.17) is 9.15 Å². The molecule has 0 bridgehead atoms. The standard InChI is InChI=1S/C16H24N4O3/c1-10-7-13(16(21)22-10)20-6-5-12(8-20)19(2)9-14-17-18-15(23-14)11-3-4-11/h10-13H,3-9H2,1-2H3/t10-,12-,13-/m1/s1. The summed E-state index contributed by atoms with van der Waals surface area (Å²) in [5, 5.41) is 8.30. The number of likely N-dealkylation sites (tertiary alicyclic amines) is 1. The highest BCUT2D eigenvalue weighted by Gasteiger charge is 2.40. The van der Waals surface area contributed by atoms with Gasteiger partial charge in [0.2, 0.25) is 11.8 Å². The van der Waals surface area contributed by atoms with E-state index in [0.717, 1.165) is 31.8 Å². The number of cyclic esters (lactones) is 1. The molecule has 3 fully saturated rings. The molecular weight excluding hydrogens is 296 g/mol. The van der Waals surface area contributed by atoms with Crippen LogP contribution in [0.15, 0.2) is 4.42 Å². The van der Waals surface area contributed by atoms with Crippen LogP contribution in [0.3, 0.4) is 0 Å². The SMILES string of the molecule is C[C@@H]1C[C@@H](N2CC[C@@H](N(C)Cc3nnc(C4CC4)o3)C2)C(=O)O1. The van der Waals surface area contributed by atoms with Crippen molar-refractivity contribution in [2.24, 2.45) is 0 Å². The second kappa shape index (κ2) is 5.87. The summed E-state index contributed by atoms with van der Waals surface area (Å²) in [5.41, 5.74) is 0. The van der Waals surface area contributed by atoms with Gasteiger partial charge in [-0.1, -0.05) is 0 Å². The minimum atomic E-state index is -0.0632. The van der Waals surface area contributed by atoms with Crippen molar-refractivity contribution in [2.45, 2.75) is 63.3 Å². The molecule has 23 heavy (non-hydrogen) atoms. The third kappa shape index (κ3) is 3.12. The zero-order chi connectivity index (χ0) is 16.0. The lowest BCUT2D eigenvalue weighted by atomic mass is 10.1. The molecule has 126 valence electrons. The number of aromatic nitrogens is 2. The van der Waals surface area contributed by atoms with Crippen molar-refractivity contribution in [3.05, 3.63) is 11.8 Å². The smallest absolute Gasteiger partial charge is 0.323 e. The van der Waals surface area contributed by atoms with Crippen molar-refractivity contribution in [1.29, 1.82) is 0 Å². The van der Waals surface area contributed by atoms with Gasteiger partial charge in [0.25, 0.3) is 0 Å². The van der Waals surface area contributed by atoms with Gasteiger partial charge in [-0.25, -0.2) is 0 Å². The summed E-state index contributed by atoms with van der Waals surface area (Å²) in [6.45, 7) is 4.47. The van der Waals surface area contributed by atoms with Crippen LogP contribution in [0.4, 0.5) is 0 Å². The van der Waals surface area contributed by atoms with Crippen LogP contribution in [0.5, 0.6) is 0 Å². The Kier molecular flexibility index (Phi) is 3.85. The Morgan fingerprint density at radius 3 is 2.83 bits per heavy atom. The molecule has 1 aliphatic carbocycles. The fraction of sp³-hybridized carbons (Fsp3) is 0.812. The lowest BCUT2D eigenvalue weighted by molar-refractivity contribution is -0.144. The summed E-state index contributed by atoms with van der Waals surface area (Å²) < 4.78 is 11.0. The Bertz CT molecular complexity index is 586. The average Bonchev–Trinajstić information content (AvgIpc) is 2.94. The number of esters is 1. The summed E-state index contributed by atoms with van der Waals surface area (Å²) in [6, 6.07) is 0.350. The van der Waals surface area contributed by atoms with Crippen molar-refractivity contribution in [3.8, 4) is 0 Å². The Morgan fingerprint density at radius 2 is 2.13 bits per heavy atom. The molecule has 1 saturated carbocycles. The molecule has 7 heteroatoms. The topological polar surface area (TPSA) is 71.7 Å². The van der Waals surface area contributed by atoms with Crippen molar-refractivity contribution in [3.63, 3.8) is 0 Å². The van der Waals surface area contributed by atoms with Crippen LogP contribution in [0.25, 0.3) is 0 Å². The van der Waals surface area contributed by atoms with E-state index >= 15 is 0 Å². The second-order valence-electron chi connectivity index (χ2n) is 7.16. The quantitative estimate of drug-likeness (QED) is 0.754. The first-order valence-corrected chi connectivity index (χ1v) is 8.57. The normalized spacial score (nSPS) is 32.0. The molecule has 1 aromatic rings. The van der Waals surface area contributed by atoms with E-state index in [1.54, 1.807) is 0 Å². The van der Waals surface area contributed by atoms with E-state index in [2.05, 4.69) is 27.0 Å². The van der Waals surface area contributed by atoms with Crippen LogP contribution in [0.1, 0.15) is 50.3 Å². The van der Waals surface area contributed by atoms with Gasteiger partial charge in [0, 0.05) is 31.5 Å². The summed E-state index contributed by atoms with van der Waals surface area (Å²) in [7, 11) is 2.09. The molecule has 0 N–H and O–H groups in total. The van der Waals surface area contributed by atoms with Crippen molar-refractivity contribution >= 4 is 5.97 Å². The van der Waals surface area contributed by atoms with Crippen LogP contribution in [0, 0.1) is 0 Å². The first-order chi connectivity index (χ1) is 11.1. The zero-order valence-corrected chi connectivity index (χ0v) is 13.8. The summed E-state index contributed by atoms with van der Waals surface area (Å²) in [5.74, 6) is 1.93. The average molecular weight is 320 g/mol. The Balaban J connectivity index is 1.32. The number of hydrogen-bond donors (Lipinski definition) is 0. The maximum atomic E-state index is 11.9. The summed E-state index contributed by atoms with van der Waals surface area (Å²) in [4.78, 5) is 16.4. The highest BCUT2D eigenvalue weighted by molar-refractivity contribution is 5.78. The first kappa shape index (κ1) is 15.1. The van der Waals surface area contributed by atoms with E-state index < -0.39 is 0 Å². The fourth-order valence-corrected chi connectivity index (χ4v) is 3.61. The highest BCUT2D eigenvalue weighted by Crippen LogP contribution is 2.39. The Morgan fingerprint density at radius 1 is 1.30 bits per heavy atom. The fourth-order valence-electron chi connectivity index (χ4n) is 3.61. The largest absolute Gasteiger partial charge is 0.461 e. The Labute approximate surface area is 136 Å².